The molecule has 10 aliphatic rings. The zero-order valence-corrected chi connectivity index (χ0v) is 43.9. The first-order valence-electron chi connectivity index (χ1n) is 27.7. The van der Waals surface area contributed by atoms with Gasteiger partial charge in [-0.05, 0) is 213 Å². The summed E-state index contributed by atoms with van der Waals surface area (Å²) in [6.45, 7) is 35.1. The second-order valence-corrected chi connectivity index (χ2v) is 29.0. The van der Waals surface area contributed by atoms with Crippen molar-refractivity contribution in [3.63, 3.8) is 0 Å². The Morgan fingerprint density at radius 3 is 1.48 bits per heavy atom. The van der Waals surface area contributed by atoms with E-state index in [0.717, 1.165) is 96.3 Å². The summed E-state index contributed by atoms with van der Waals surface area (Å²) in [5, 5.41) is 22.2. The molecule has 10 aliphatic carbocycles. The zero-order valence-electron chi connectivity index (χ0n) is 43.9. The maximum atomic E-state index is 15.7. The Balaban J connectivity index is 0.932. The molecule has 0 aromatic carbocycles. The number of aliphatic hydroxyl groups excluding tert-OH is 1. The summed E-state index contributed by atoms with van der Waals surface area (Å²) in [4.78, 5) is 29.0. The fourth-order valence-electron chi connectivity index (χ4n) is 22.1. The van der Waals surface area contributed by atoms with E-state index < -0.39 is 16.8 Å². The number of carbonyl (C=O) groups excluding carboxylic acids is 1. The molecule has 0 bridgehead atoms. The van der Waals surface area contributed by atoms with Crippen LogP contribution in [-0.4, -0.2) is 34.4 Å². The lowest BCUT2D eigenvalue weighted by Gasteiger charge is -2.71. The third kappa shape index (κ3) is 5.66. The molecule has 20 atom stereocenters. The van der Waals surface area contributed by atoms with E-state index in [-0.39, 0.29) is 73.3 Å². The van der Waals surface area contributed by atoms with E-state index in [0.29, 0.717) is 47.3 Å². The molecule has 0 radical (unpaired) electrons. The Morgan fingerprint density at radius 1 is 0.523 bits per heavy atom. The van der Waals surface area contributed by atoms with Crippen LogP contribution in [0, 0.1) is 113 Å². The van der Waals surface area contributed by atoms with Gasteiger partial charge < -0.3 is 14.9 Å². The lowest BCUT2D eigenvalue weighted by molar-refractivity contribution is -0.225. The second kappa shape index (κ2) is 14.5. The van der Waals surface area contributed by atoms with Gasteiger partial charge in [0.25, 0.3) is 0 Å². The summed E-state index contributed by atoms with van der Waals surface area (Å²) in [6.07, 6.45) is 23.7. The largest absolute Gasteiger partial charge is 0.481 e. The smallest absolute Gasteiger partial charge is 0.312 e. The Labute approximate surface area is 396 Å². The van der Waals surface area contributed by atoms with Gasteiger partial charge in [-0.1, -0.05) is 120 Å². The van der Waals surface area contributed by atoms with Crippen molar-refractivity contribution in [2.75, 3.05) is 0 Å². The number of hydrogen-bond donors (Lipinski definition) is 2. The first-order chi connectivity index (χ1) is 30.2. The topological polar surface area (TPSA) is 83.8 Å². The van der Waals surface area contributed by atoms with E-state index in [1.807, 2.05) is 0 Å². The van der Waals surface area contributed by atoms with Gasteiger partial charge in [-0.2, -0.15) is 0 Å². The van der Waals surface area contributed by atoms with Crippen molar-refractivity contribution in [2.45, 2.75) is 225 Å². The van der Waals surface area contributed by atoms with Gasteiger partial charge in [0.1, 0.15) is 6.10 Å². The minimum Gasteiger partial charge on any atom is -0.481 e. The summed E-state index contributed by atoms with van der Waals surface area (Å²) in [5.41, 5.74) is 2.52. The van der Waals surface area contributed by atoms with E-state index in [1.165, 1.54) is 24.8 Å². The standard InChI is InChI=1S/C60H94O5/c1-35-19-29-59(49(62)63)33-31-55(11)39(47(59)37(35)3)15-17-44-54(10)26-24-46(52(7,8)42(54)22-28-58(44,55)14)65-50(64)60-30-20-36(2)38(4)48(60)40-16-18-43-53(9)25-23-45(61)51(5,6)41(53)21-27-57(43,13)56(40,12)32-34-60/h15-16,35-38,41-48,61H,17-34H2,1-14H3,(H,62,63)/t35-,36-,37+,38+,41?,42?,43?,44-,45+,46+,47+,48+,53+,54+,55-,56-,57-,58-,59+,60+/m1/s1. The van der Waals surface area contributed by atoms with Crippen LogP contribution < -0.4 is 0 Å². The number of hydrogen-bond acceptors (Lipinski definition) is 4. The number of aliphatic hydroxyl groups is 1. The summed E-state index contributed by atoms with van der Waals surface area (Å²) < 4.78 is 7.27. The first kappa shape index (κ1) is 47.1. The Bertz CT molecular complexity index is 2050. The molecule has 8 fully saturated rings. The fraction of sp³-hybridized carbons (Fsp3) is 0.900. The molecule has 0 aliphatic heterocycles. The molecule has 0 aromatic rings. The average Bonchev–Trinajstić information content (AvgIpc) is 3.23. The molecule has 65 heavy (non-hydrogen) atoms. The van der Waals surface area contributed by atoms with E-state index >= 15 is 4.79 Å². The molecule has 0 aromatic heterocycles. The molecule has 3 unspecified atom stereocenters. The van der Waals surface area contributed by atoms with Crippen LogP contribution in [0.5, 0.6) is 0 Å². The lowest BCUT2D eigenvalue weighted by Crippen LogP contribution is -2.66. The molecule has 0 amide bonds. The minimum atomic E-state index is -0.613. The molecule has 5 nitrogen and oxygen atoms in total. The van der Waals surface area contributed by atoms with Crippen LogP contribution in [0.1, 0.15) is 213 Å². The van der Waals surface area contributed by atoms with Crippen LogP contribution >= 0.6 is 0 Å². The molecule has 10 rings (SSSR count). The van der Waals surface area contributed by atoms with E-state index in [2.05, 4.69) is 109 Å². The van der Waals surface area contributed by atoms with Crippen molar-refractivity contribution < 1.29 is 24.5 Å². The van der Waals surface area contributed by atoms with E-state index in [9.17, 15) is 15.0 Å². The van der Waals surface area contributed by atoms with Crippen LogP contribution in [0.25, 0.3) is 0 Å². The van der Waals surface area contributed by atoms with Gasteiger partial charge in [0.2, 0.25) is 0 Å². The number of ether oxygens (including phenoxy) is 1. The molecule has 5 heteroatoms. The highest BCUT2D eigenvalue weighted by Gasteiger charge is 2.72. The normalized spacial score (nSPS) is 56.2. The van der Waals surface area contributed by atoms with Crippen LogP contribution in [-0.2, 0) is 14.3 Å². The van der Waals surface area contributed by atoms with Gasteiger partial charge in [-0.25, -0.2) is 0 Å². The lowest BCUT2D eigenvalue weighted by atomic mass is 9.33. The van der Waals surface area contributed by atoms with Gasteiger partial charge in [0.15, 0.2) is 0 Å². The SMILES string of the molecule is C[C@H]1[C@H](C)CC[C@]2(C(=O)O)CC[C@]3(C)C(=CC[C@@H]4[C@@]5(C)CC[C@H](OC(=O)[C@]67CC[C@@H](C)[C@H](C)[C@H]6C6=CCC8[C@@]9(C)CC[C@H](O)C(C)(C)C9CC[C@@]8(C)[C@]6(C)CC7)C(C)(C)C5CC[C@]43C)[C@H]12. The summed E-state index contributed by atoms with van der Waals surface area (Å²) in [6, 6.07) is 0. The fourth-order valence-corrected chi connectivity index (χ4v) is 22.1. The van der Waals surface area contributed by atoms with Crippen molar-refractivity contribution >= 4 is 11.9 Å². The zero-order chi connectivity index (χ0) is 47.1. The molecule has 0 saturated heterocycles. The quantitative estimate of drug-likeness (QED) is 0.218. The van der Waals surface area contributed by atoms with Crippen molar-refractivity contribution in [1.29, 1.82) is 0 Å². The van der Waals surface area contributed by atoms with Crippen molar-refractivity contribution in [3.05, 3.63) is 23.3 Å². The second-order valence-electron chi connectivity index (χ2n) is 29.0. The van der Waals surface area contributed by atoms with Gasteiger partial charge in [0, 0.05) is 5.41 Å². The maximum Gasteiger partial charge on any atom is 0.312 e. The summed E-state index contributed by atoms with van der Waals surface area (Å²) >= 11 is 0. The third-order valence-corrected chi connectivity index (χ3v) is 27.0. The molecule has 364 valence electrons. The average molecular weight is 895 g/mol. The minimum absolute atomic E-state index is 0.00216. The molecular weight excluding hydrogens is 801 g/mol. The number of allylic oxidation sites excluding steroid dienone is 4. The molecular formula is C60H94O5. The Morgan fingerprint density at radius 2 is 0.969 bits per heavy atom. The highest BCUT2D eigenvalue weighted by Crippen LogP contribution is 2.78. The van der Waals surface area contributed by atoms with Crippen LogP contribution in [0.4, 0.5) is 0 Å². The highest BCUT2D eigenvalue weighted by molar-refractivity contribution is 5.79. The predicted octanol–water partition coefficient (Wildman–Crippen LogP) is 14.7. The molecule has 8 saturated carbocycles. The van der Waals surface area contributed by atoms with Gasteiger partial charge >= 0.3 is 11.9 Å². The molecule has 0 spiro atoms. The third-order valence-electron chi connectivity index (χ3n) is 27.0. The Kier molecular flexibility index (Phi) is 10.5. The number of carboxylic acids is 1. The van der Waals surface area contributed by atoms with Gasteiger partial charge in [-0.15, -0.1) is 0 Å². The Hall–Kier alpha value is -1.62. The number of rotatable bonds is 3. The van der Waals surface area contributed by atoms with Crippen LogP contribution in [0.2, 0.25) is 0 Å². The molecule has 2 N–H and O–H groups in total. The van der Waals surface area contributed by atoms with Crippen molar-refractivity contribution in [1.82, 2.24) is 0 Å². The summed E-state index contributed by atoms with van der Waals surface area (Å²) in [5.74, 6) is 3.99. The van der Waals surface area contributed by atoms with Crippen molar-refractivity contribution in [2.24, 2.45) is 113 Å². The van der Waals surface area contributed by atoms with E-state index in [4.69, 9.17) is 4.74 Å². The number of carbonyl (C=O) groups is 2. The highest BCUT2D eigenvalue weighted by atomic mass is 16.5. The predicted molar refractivity (Wildman–Crippen MR) is 261 cm³/mol. The first-order valence-corrected chi connectivity index (χ1v) is 27.7. The monoisotopic (exact) mass is 895 g/mol. The van der Waals surface area contributed by atoms with E-state index in [1.54, 1.807) is 5.57 Å². The number of esters is 1. The van der Waals surface area contributed by atoms with Crippen molar-refractivity contribution in [3.8, 4) is 0 Å². The number of aliphatic carboxylic acids is 1. The number of carboxylic acid groups (broad SMARTS) is 1. The van der Waals surface area contributed by atoms with Crippen LogP contribution in [0.3, 0.4) is 0 Å². The van der Waals surface area contributed by atoms with Crippen LogP contribution in [0.15, 0.2) is 23.3 Å². The summed E-state index contributed by atoms with van der Waals surface area (Å²) in [7, 11) is 0. The van der Waals surface area contributed by atoms with Gasteiger partial charge in [0.05, 0.1) is 16.9 Å². The maximum absolute atomic E-state index is 15.7. The number of fused-ring (bicyclic) bond motifs is 14. The molecule has 0 heterocycles. The van der Waals surface area contributed by atoms with Gasteiger partial charge in [-0.3, -0.25) is 9.59 Å².